The van der Waals surface area contributed by atoms with Gasteiger partial charge in [-0.1, -0.05) is 24.3 Å². The number of carbonyl (C=O) groups excluding carboxylic acids is 1. The summed E-state index contributed by atoms with van der Waals surface area (Å²) in [4.78, 5) is 11.6. The molecule has 0 aliphatic rings. The second-order valence-electron chi connectivity index (χ2n) is 4.25. The normalized spacial score (nSPS) is 10.3. The Balaban J connectivity index is 1.79. The van der Waals surface area contributed by atoms with Crippen molar-refractivity contribution >= 4 is 11.6 Å². The molecule has 0 saturated carbocycles. The lowest BCUT2D eigenvalue weighted by Gasteiger charge is -2.07. The summed E-state index contributed by atoms with van der Waals surface area (Å²) in [5.74, 6) is -1.47. The number of nitrogens with one attached hydrogen (secondary N) is 2. The van der Waals surface area contributed by atoms with Crippen LogP contribution >= 0.6 is 0 Å². The molecular formula is C15H14F2N2O. The Morgan fingerprint density at radius 3 is 2.50 bits per heavy atom. The molecule has 20 heavy (non-hydrogen) atoms. The lowest BCUT2D eigenvalue weighted by atomic mass is 10.2. The smallest absolute Gasteiger partial charge is 0.238 e. The van der Waals surface area contributed by atoms with Crippen molar-refractivity contribution in [2.24, 2.45) is 0 Å². The summed E-state index contributed by atoms with van der Waals surface area (Å²) in [7, 11) is 0. The number of rotatable bonds is 5. The molecule has 0 heterocycles. The Morgan fingerprint density at radius 2 is 1.80 bits per heavy atom. The third-order valence-corrected chi connectivity index (χ3v) is 2.67. The standard InChI is InChI=1S/C15H14F2N2O/c16-12-7-6-11(14(17)8-12)9-18-10-15(20)19-13-4-2-1-3-5-13/h1-8,18H,9-10H2,(H,19,20). The van der Waals surface area contributed by atoms with Gasteiger partial charge in [0.2, 0.25) is 5.91 Å². The third kappa shape index (κ3) is 4.13. The molecule has 0 atom stereocenters. The number of hydrogen-bond donors (Lipinski definition) is 2. The molecule has 0 unspecified atom stereocenters. The number of halogens is 2. The maximum atomic E-state index is 13.3. The average molecular weight is 276 g/mol. The molecule has 2 N–H and O–H groups in total. The Bertz CT molecular complexity index is 588. The Labute approximate surface area is 115 Å². The van der Waals surface area contributed by atoms with Crippen LogP contribution < -0.4 is 10.6 Å². The fraction of sp³-hybridized carbons (Fsp3) is 0.133. The fourth-order valence-corrected chi connectivity index (χ4v) is 1.70. The first-order valence-corrected chi connectivity index (χ1v) is 6.15. The quantitative estimate of drug-likeness (QED) is 0.881. The highest BCUT2D eigenvalue weighted by Gasteiger charge is 2.05. The number of para-hydroxylation sites is 1. The molecule has 0 saturated heterocycles. The number of carbonyl (C=O) groups is 1. The molecule has 5 heteroatoms. The van der Waals surface area contributed by atoms with Crippen LogP contribution in [0.25, 0.3) is 0 Å². The van der Waals surface area contributed by atoms with Gasteiger partial charge in [-0.05, 0) is 18.2 Å². The van der Waals surface area contributed by atoms with E-state index in [4.69, 9.17) is 0 Å². The van der Waals surface area contributed by atoms with Crippen molar-refractivity contribution in [1.82, 2.24) is 5.32 Å². The van der Waals surface area contributed by atoms with Crippen LogP contribution in [0.2, 0.25) is 0 Å². The molecule has 0 bridgehead atoms. The van der Waals surface area contributed by atoms with Crippen molar-refractivity contribution < 1.29 is 13.6 Å². The largest absolute Gasteiger partial charge is 0.325 e. The van der Waals surface area contributed by atoms with Gasteiger partial charge < -0.3 is 10.6 Å². The zero-order valence-electron chi connectivity index (χ0n) is 10.7. The Kier molecular flexibility index (Phi) is 4.79. The number of amides is 1. The first-order chi connectivity index (χ1) is 9.65. The summed E-state index contributed by atoms with van der Waals surface area (Å²) in [6, 6.07) is 12.4. The predicted molar refractivity (Wildman–Crippen MR) is 73.1 cm³/mol. The predicted octanol–water partition coefficient (Wildman–Crippen LogP) is 2.69. The molecule has 3 nitrogen and oxygen atoms in total. The van der Waals surface area contributed by atoms with Crippen LogP contribution in [-0.2, 0) is 11.3 Å². The molecule has 0 fully saturated rings. The zero-order valence-corrected chi connectivity index (χ0v) is 10.7. The minimum atomic E-state index is -0.624. The van der Waals surface area contributed by atoms with Crippen molar-refractivity contribution in [1.29, 1.82) is 0 Å². The van der Waals surface area contributed by atoms with E-state index in [1.807, 2.05) is 18.2 Å². The Hall–Kier alpha value is -2.27. The van der Waals surface area contributed by atoms with E-state index in [0.29, 0.717) is 11.3 Å². The van der Waals surface area contributed by atoms with Gasteiger partial charge in [0.05, 0.1) is 6.54 Å². The van der Waals surface area contributed by atoms with Crippen molar-refractivity contribution in [2.45, 2.75) is 6.54 Å². The van der Waals surface area contributed by atoms with E-state index in [-0.39, 0.29) is 19.0 Å². The molecule has 0 aromatic heterocycles. The molecule has 2 rings (SSSR count). The van der Waals surface area contributed by atoms with Gasteiger partial charge in [-0.2, -0.15) is 0 Å². The summed E-state index contributed by atoms with van der Waals surface area (Å²) >= 11 is 0. The van der Waals surface area contributed by atoms with E-state index in [9.17, 15) is 13.6 Å². The highest BCUT2D eigenvalue weighted by Crippen LogP contribution is 2.09. The van der Waals surface area contributed by atoms with Gasteiger partial charge in [0, 0.05) is 23.9 Å². The van der Waals surface area contributed by atoms with E-state index in [1.54, 1.807) is 12.1 Å². The average Bonchev–Trinajstić information content (AvgIpc) is 2.42. The highest BCUT2D eigenvalue weighted by atomic mass is 19.1. The molecule has 0 aliphatic carbocycles. The van der Waals surface area contributed by atoms with Crippen LogP contribution in [0.5, 0.6) is 0 Å². The van der Waals surface area contributed by atoms with E-state index >= 15 is 0 Å². The summed E-state index contributed by atoms with van der Waals surface area (Å²) in [5, 5.41) is 5.50. The molecule has 0 radical (unpaired) electrons. The van der Waals surface area contributed by atoms with Crippen LogP contribution in [0.15, 0.2) is 48.5 Å². The van der Waals surface area contributed by atoms with Gasteiger partial charge >= 0.3 is 0 Å². The summed E-state index contributed by atoms with van der Waals surface area (Å²) < 4.78 is 26.1. The lowest BCUT2D eigenvalue weighted by Crippen LogP contribution is -2.28. The summed E-state index contributed by atoms with van der Waals surface area (Å²) in [5.41, 5.74) is 1.02. The van der Waals surface area contributed by atoms with E-state index in [1.165, 1.54) is 12.1 Å². The van der Waals surface area contributed by atoms with E-state index in [2.05, 4.69) is 10.6 Å². The van der Waals surface area contributed by atoms with Gasteiger partial charge in [0.15, 0.2) is 0 Å². The SMILES string of the molecule is O=C(CNCc1ccc(F)cc1F)Nc1ccccc1. The monoisotopic (exact) mass is 276 g/mol. The van der Waals surface area contributed by atoms with Gasteiger partial charge in [-0.15, -0.1) is 0 Å². The van der Waals surface area contributed by atoms with Crippen LogP contribution in [-0.4, -0.2) is 12.5 Å². The Morgan fingerprint density at radius 1 is 1.05 bits per heavy atom. The lowest BCUT2D eigenvalue weighted by molar-refractivity contribution is -0.115. The van der Waals surface area contributed by atoms with Crippen molar-refractivity contribution in [3.05, 3.63) is 65.7 Å². The molecule has 0 aliphatic heterocycles. The molecular weight excluding hydrogens is 262 g/mol. The molecule has 2 aromatic rings. The minimum Gasteiger partial charge on any atom is -0.325 e. The fourth-order valence-electron chi connectivity index (χ4n) is 1.70. The van der Waals surface area contributed by atoms with Crippen molar-refractivity contribution in [3.8, 4) is 0 Å². The molecule has 2 aromatic carbocycles. The zero-order chi connectivity index (χ0) is 14.4. The van der Waals surface area contributed by atoms with E-state index in [0.717, 1.165) is 6.07 Å². The van der Waals surface area contributed by atoms with Gasteiger partial charge in [0.25, 0.3) is 0 Å². The van der Waals surface area contributed by atoms with Gasteiger partial charge in [0.1, 0.15) is 11.6 Å². The minimum absolute atomic E-state index is 0.0473. The number of hydrogen-bond acceptors (Lipinski definition) is 2. The first-order valence-electron chi connectivity index (χ1n) is 6.15. The number of anilines is 1. The molecule has 1 amide bonds. The molecule has 104 valence electrons. The van der Waals surface area contributed by atoms with Crippen LogP contribution in [0, 0.1) is 11.6 Å². The van der Waals surface area contributed by atoms with Crippen LogP contribution in [0.1, 0.15) is 5.56 Å². The maximum absolute atomic E-state index is 13.3. The summed E-state index contributed by atoms with van der Waals surface area (Å²) in [6.45, 7) is 0.208. The molecule has 0 spiro atoms. The number of benzene rings is 2. The second-order valence-corrected chi connectivity index (χ2v) is 4.25. The van der Waals surface area contributed by atoms with Gasteiger partial charge in [-0.3, -0.25) is 4.79 Å². The van der Waals surface area contributed by atoms with Crippen LogP contribution in [0.3, 0.4) is 0 Å². The highest BCUT2D eigenvalue weighted by molar-refractivity contribution is 5.92. The summed E-state index contributed by atoms with van der Waals surface area (Å²) in [6.07, 6.45) is 0. The van der Waals surface area contributed by atoms with E-state index < -0.39 is 11.6 Å². The topological polar surface area (TPSA) is 41.1 Å². The van der Waals surface area contributed by atoms with Crippen LogP contribution in [0.4, 0.5) is 14.5 Å². The van der Waals surface area contributed by atoms with Gasteiger partial charge in [-0.25, -0.2) is 8.78 Å². The van der Waals surface area contributed by atoms with Crippen molar-refractivity contribution in [3.63, 3.8) is 0 Å². The van der Waals surface area contributed by atoms with Crippen molar-refractivity contribution in [2.75, 3.05) is 11.9 Å². The third-order valence-electron chi connectivity index (χ3n) is 2.67. The maximum Gasteiger partial charge on any atom is 0.238 e. The first kappa shape index (κ1) is 14.1. The second kappa shape index (κ2) is 6.77.